The Hall–Kier alpha value is -3.46. The standard InChI is InChI=1S/C24H27N7O5S2/c1-29(2)37(33,34)19-8-10-20(11-9-19)38(35,36)30-14-12-18(13-15-30)22-25-23-21(24(32)26-22)27-28-31(23)16-17-6-4-3-5-7-17/h3-11,18H,12-16H2,1-2H3,(H,25,26,32). The molecular weight excluding hydrogens is 530 g/mol. The largest absolute Gasteiger partial charge is 0.308 e. The van der Waals surface area contributed by atoms with Crippen LogP contribution in [-0.2, 0) is 26.6 Å². The van der Waals surface area contributed by atoms with Crippen molar-refractivity contribution in [2.45, 2.75) is 35.1 Å². The zero-order valence-electron chi connectivity index (χ0n) is 20.9. The lowest BCUT2D eigenvalue weighted by Gasteiger charge is -2.30. The minimum Gasteiger partial charge on any atom is -0.308 e. The van der Waals surface area contributed by atoms with Gasteiger partial charge in [0.1, 0.15) is 5.82 Å². The molecule has 200 valence electrons. The Balaban J connectivity index is 1.33. The van der Waals surface area contributed by atoms with Crippen LogP contribution in [0.5, 0.6) is 0 Å². The van der Waals surface area contributed by atoms with Crippen LogP contribution in [0.3, 0.4) is 0 Å². The van der Waals surface area contributed by atoms with Crippen LogP contribution in [0.15, 0.2) is 69.2 Å². The molecule has 0 bridgehead atoms. The number of piperidine rings is 1. The number of hydrogen-bond acceptors (Lipinski definition) is 8. The number of fused-ring (bicyclic) bond motifs is 1. The number of sulfonamides is 2. The fraction of sp³-hybridized carbons (Fsp3) is 0.333. The highest BCUT2D eigenvalue weighted by atomic mass is 32.2. The molecule has 0 saturated carbocycles. The van der Waals surface area contributed by atoms with Crippen LogP contribution in [0.2, 0.25) is 0 Å². The zero-order chi connectivity index (χ0) is 27.1. The molecule has 0 atom stereocenters. The van der Waals surface area contributed by atoms with Gasteiger partial charge in [0, 0.05) is 33.1 Å². The molecule has 1 fully saturated rings. The van der Waals surface area contributed by atoms with Gasteiger partial charge in [-0.25, -0.2) is 30.8 Å². The third-order valence-corrected chi connectivity index (χ3v) is 10.4. The van der Waals surface area contributed by atoms with Gasteiger partial charge in [0.25, 0.3) is 5.56 Å². The highest BCUT2D eigenvalue weighted by Crippen LogP contribution is 2.29. The van der Waals surface area contributed by atoms with E-state index in [1.807, 2.05) is 30.3 Å². The molecule has 5 rings (SSSR count). The monoisotopic (exact) mass is 557 g/mol. The molecule has 14 heteroatoms. The number of nitrogens with one attached hydrogen (secondary N) is 1. The Morgan fingerprint density at radius 1 is 0.947 bits per heavy atom. The van der Waals surface area contributed by atoms with Crippen molar-refractivity contribution in [1.82, 2.24) is 33.6 Å². The Morgan fingerprint density at radius 2 is 1.58 bits per heavy atom. The van der Waals surface area contributed by atoms with Gasteiger partial charge >= 0.3 is 0 Å². The van der Waals surface area contributed by atoms with E-state index in [1.165, 1.54) is 42.7 Å². The number of benzene rings is 2. The highest BCUT2D eigenvalue weighted by Gasteiger charge is 2.32. The van der Waals surface area contributed by atoms with Crippen molar-refractivity contribution in [1.29, 1.82) is 0 Å². The predicted molar refractivity (Wildman–Crippen MR) is 140 cm³/mol. The SMILES string of the molecule is CN(C)S(=O)(=O)c1ccc(S(=O)(=O)N2CCC(c3nc4c(nnn4Cc4ccccc4)c(=O)[nH]3)CC2)cc1. The van der Waals surface area contributed by atoms with Gasteiger partial charge in [0.15, 0.2) is 11.2 Å². The second-order valence-corrected chi connectivity index (χ2v) is 13.4. The van der Waals surface area contributed by atoms with E-state index in [-0.39, 0.29) is 39.9 Å². The summed E-state index contributed by atoms with van der Waals surface area (Å²) in [5.41, 5.74) is 1.15. The van der Waals surface area contributed by atoms with Crippen molar-refractivity contribution in [3.8, 4) is 0 Å². The molecule has 0 radical (unpaired) electrons. The first-order valence-corrected chi connectivity index (χ1v) is 14.9. The summed E-state index contributed by atoms with van der Waals surface area (Å²) in [6.07, 6.45) is 0.919. The Labute approximate surface area is 220 Å². The van der Waals surface area contributed by atoms with Crippen molar-refractivity contribution in [2.75, 3.05) is 27.2 Å². The molecule has 12 nitrogen and oxygen atoms in total. The number of nitrogens with zero attached hydrogens (tertiary/aromatic N) is 6. The van der Waals surface area contributed by atoms with Gasteiger partial charge in [-0.1, -0.05) is 35.5 Å². The lowest BCUT2D eigenvalue weighted by atomic mass is 9.97. The van der Waals surface area contributed by atoms with E-state index >= 15 is 0 Å². The van der Waals surface area contributed by atoms with Gasteiger partial charge in [0.2, 0.25) is 20.0 Å². The first-order valence-electron chi connectivity index (χ1n) is 12.0. The zero-order valence-corrected chi connectivity index (χ0v) is 22.5. The summed E-state index contributed by atoms with van der Waals surface area (Å²) in [5, 5.41) is 8.09. The quantitative estimate of drug-likeness (QED) is 0.358. The maximum Gasteiger partial charge on any atom is 0.281 e. The predicted octanol–water partition coefficient (Wildman–Crippen LogP) is 1.38. The van der Waals surface area contributed by atoms with Crippen LogP contribution >= 0.6 is 0 Å². The maximum atomic E-state index is 13.2. The van der Waals surface area contributed by atoms with Crippen LogP contribution in [-0.4, -0.2) is 77.6 Å². The smallest absolute Gasteiger partial charge is 0.281 e. The summed E-state index contributed by atoms with van der Waals surface area (Å²) in [6.45, 7) is 0.876. The van der Waals surface area contributed by atoms with Crippen molar-refractivity contribution in [2.24, 2.45) is 0 Å². The molecule has 2 aromatic heterocycles. The van der Waals surface area contributed by atoms with Gasteiger partial charge in [-0.3, -0.25) is 4.79 Å². The van der Waals surface area contributed by atoms with Gasteiger partial charge in [-0.05, 0) is 42.7 Å². The molecule has 0 spiro atoms. The second-order valence-electron chi connectivity index (χ2n) is 9.29. The van der Waals surface area contributed by atoms with E-state index in [0.29, 0.717) is 30.9 Å². The van der Waals surface area contributed by atoms with E-state index in [0.717, 1.165) is 9.87 Å². The Kier molecular flexibility index (Phi) is 6.90. The van der Waals surface area contributed by atoms with Gasteiger partial charge in [-0.2, -0.15) is 4.31 Å². The molecule has 0 unspecified atom stereocenters. The minimum atomic E-state index is -3.82. The van der Waals surface area contributed by atoms with Gasteiger partial charge < -0.3 is 4.98 Å². The lowest BCUT2D eigenvalue weighted by molar-refractivity contribution is 0.313. The summed E-state index contributed by atoms with van der Waals surface area (Å²) in [5.74, 6) is 0.334. The number of hydrogen-bond donors (Lipinski definition) is 1. The highest BCUT2D eigenvalue weighted by molar-refractivity contribution is 7.89. The van der Waals surface area contributed by atoms with Crippen molar-refractivity contribution < 1.29 is 16.8 Å². The molecular formula is C24H27N7O5S2. The fourth-order valence-corrected chi connectivity index (χ4v) is 6.82. The molecule has 3 heterocycles. The first-order chi connectivity index (χ1) is 18.1. The number of rotatable bonds is 7. The average molecular weight is 558 g/mol. The molecule has 38 heavy (non-hydrogen) atoms. The van der Waals surface area contributed by atoms with Gasteiger partial charge in [-0.15, -0.1) is 5.10 Å². The lowest BCUT2D eigenvalue weighted by Crippen LogP contribution is -2.38. The Bertz CT molecular complexity index is 1720. The normalized spacial score (nSPS) is 15.9. The molecule has 1 N–H and O–H groups in total. The summed E-state index contributed by atoms with van der Waals surface area (Å²) < 4.78 is 55.0. The second kappa shape index (κ2) is 10.0. The minimum absolute atomic E-state index is 0.0200. The maximum absolute atomic E-state index is 13.2. The summed E-state index contributed by atoms with van der Waals surface area (Å²) in [7, 11) is -4.65. The molecule has 1 saturated heterocycles. The molecule has 2 aromatic carbocycles. The van der Waals surface area contributed by atoms with E-state index in [2.05, 4.69) is 20.3 Å². The average Bonchev–Trinajstić information content (AvgIpc) is 3.32. The van der Waals surface area contributed by atoms with E-state index in [4.69, 9.17) is 0 Å². The van der Waals surface area contributed by atoms with E-state index in [9.17, 15) is 21.6 Å². The molecule has 0 amide bonds. The molecule has 0 aliphatic carbocycles. The van der Waals surface area contributed by atoms with Crippen molar-refractivity contribution in [3.63, 3.8) is 0 Å². The number of aromatic amines is 1. The molecule has 1 aliphatic rings. The van der Waals surface area contributed by atoms with Crippen LogP contribution < -0.4 is 5.56 Å². The Morgan fingerprint density at radius 3 is 2.21 bits per heavy atom. The summed E-state index contributed by atoms with van der Waals surface area (Å²) in [4.78, 5) is 20.2. The van der Waals surface area contributed by atoms with E-state index < -0.39 is 20.0 Å². The first kappa shape index (κ1) is 26.2. The van der Waals surface area contributed by atoms with Crippen molar-refractivity contribution in [3.05, 3.63) is 76.3 Å². The number of aromatic nitrogens is 5. The van der Waals surface area contributed by atoms with Crippen molar-refractivity contribution >= 4 is 31.2 Å². The van der Waals surface area contributed by atoms with Crippen LogP contribution in [0.4, 0.5) is 0 Å². The van der Waals surface area contributed by atoms with Crippen LogP contribution in [0.25, 0.3) is 11.2 Å². The topological polar surface area (TPSA) is 151 Å². The van der Waals surface area contributed by atoms with E-state index in [1.54, 1.807) is 4.68 Å². The fourth-order valence-electron chi connectivity index (χ4n) is 4.45. The van der Waals surface area contributed by atoms with Crippen LogP contribution in [0.1, 0.15) is 30.1 Å². The summed E-state index contributed by atoms with van der Waals surface area (Å²) >= 11 is 0. The third kappa shape index (κ3) is 4.87. The van der Waals surface area contributed by atoms with Crippen LogP contribution in [0, 0.1) is 0 Å². The third-order valence-electron chi connectivity index (χ3n) is 6.65. The summed E-state index contributed by atoms with van der Waals surface area (Å²) in [6, 6.07) is 14.9. The molecule has 1 aliphatic heterocycles. The number of H-pyrrole nitrogens is 1. The molecule has 4 aromatic rings. The van der Waals surface area contributed by atoms with Gasteiger partial charge in [0.05, 0.1) is 16.3 Å².